The molecule has 148 valence electrons. The number of furan rings is 1. The van der Waals surface area contributed by atoms with E-state index in [2.05, 4.69) is 5.32 Å². The smallest absolute Gasteiger partial charge is 0.279 e. The monoisotopic (exact) mass is 390 g/mol. The molecule has 0 radical (unpaired) electrons. The lowest BCUT2D eigenvalue weighted by Crippen LogP contribution is -2.87. The zero-order valence-corrected chi connectivity index (χ0v) is 16.1. The molecule has 0 bridgehead atoms. The lowest BCUT2D eigenvalue weighted by Gasteiger charge is -2.16. The highest BCUT2D eigenvalue weighted by Gasteiger charge is 2.22. The molecule has 29 heavy (non-hydrogen) atoms. The van der Waals surface area contributed by atoms with E-state index in [1.807, 2.05) is 72.0 Å². The second-order valence-electron chi connectivity index (χ2n) is 7.09. The third-order valence-electron chi connectivity index (χ3n) is 5.08. The number of carbonyl (C=O) groups excluding carboxylic acids is 2. The maximum Gasteiger partial charge on any atom is 0.279 e. The Morgan fingerprint density at radius 2 is 1.86 bits per heavy atom. The second-order valence-corrected chi connectivity index (χ2v) is 7.09. The van der Waals surface area contributed by atoms with Gasteiger partial charge < -0.3 is 20.0 Å². The van der Waals surface area contributed by atoms with Gasteiger partial charge in [0.25, 0.3) is 5.91 Å². The van der Waals surface area contributed by atoms with Gasteiger partial charge >= 0.3 is 0 Å². The van der Waals surface area contributed by atoms with Crippen molar-refractivity contribution in [3.63, 3.8) is 0 Å². The van der Waals surface area contributed by atoms with Gasteiger partial charge in [0.1, 0.15) is 0 Å². The number of carbonyl (C=O) groups is 2. The van der Waals surface area contributed by atoms with Crippen LogP contribution in [-0.2, 0) is 9.59 Å². The summed E-state index contributed by atoms with van der Waals surface area (Å²) >= 11 is 0. The summed E-state index contributed by atoms with van der Waals surface area (Å²) in [6.07, 6.45) is 3.14. The largest absolute Gasteiger partial charge is 0.463 e. The summed E-state index contributed by atoms with van der Waals surface area (Å²) in [5.74, 6) is 0.868. The van der Waals surface area contributed by atoms with E-state index in [9.17, 15) is 9.59 Å². The van der Waals surface area contributed by atoms with Crippen LogP contribution in [0.15, 0.2) is 77.4 Å². The van der Waals surface area contributed by atoms with E-state index >= 15 is 0 Å². The molecule has 0 unspecified atom stereocenters. The molecule has 2 heterocycles. The van der Waals surface area contributed by atoms with Gasteiger partial charge in [-0.2, -0.15) is 0 Å². The lowest BCUT2D eigenvalue weighted by molar-refractivity contribution is -0.678. The number of hydrogen-bond acceptors (Lipinski definition) is 3. The van der Waals surface area contributed by atoms with Crippen molar-refractivity contribution in [1.29, 1.82) is 0 Å². The SMILES string of the molecule is O=C(C[NH2+][C@H](c1ccccc1)c1ccco1)Nc1ccc(N2CCCC2=O)cc1. The summed E-state index contributed by atoms with van der Waals surface area (Å²) in [4.78, 5) is 26.1. The highest BCUT2D eigenvalue weighted by atomic mass is 16.3. The molecule has 0 saturated carbocycles. The van der Waals surface area contributed by atoms with Crippen LogP contribution in [0.5, 0.6) is 0 Å². The Bertz CT molecular complexity index is 953. The zero-order valence-electron chi connectivity index (χ0n) is 16.1. The molecule has 3 N–H and O–H groups in total. The average molecular weight is 390 g/mol. The van der Waals surface area contributed by atoms with Crippen molar-refractivity contribution < 1.29 is 19.3 Å². The molecule has 6 heteroatoms. The number of nitrogens with one attached hydrogen (secondary N) is 1. The molecular formula is C23H24N3O3+. The number of hydrogen-bond donors (Lipinski definition) is 2. The standard InChI is InChI=1S/C23H23N3O3/c27-21(25-18-10-12-19(13-11-18)26-14-4-9-22(26)28)16-24-23(20-8-5-15-29-20)17-6-2-1-3-7-17/h1-3,5-8,10-13,15,23-24H,4,9,14,16H2,(H,25,27)/p+1/t23-/m1/s1. The van der Waals surface area contributed by atoms with Crippen LogP contribution >= 0.6 is 0 Å². The molecule has 0 spiro atoms. The molecule has 1 atom stereocenters. The van der Waals surface area contributed by atoms with Gasteiger partial charge in [-0.05, 0) is 42.8 Å². The van der Waals surface area contributed by atoms with E-state index in [1.165, 1.54) is 0 Å². The molecule has 1 aromatic heterocycles. The van der Waals surface area contributed by atoms with Crippen LogP contribution < -0.4 is 15.5 Å². The first kappa shape index (κ1) is 19.0. The Balaban J connectivity index is 1.37. The molecule has 2 amide bonds. The van der Waals surface area contributed by atoms with Crippen LogP contribution in [0.1, 0.15) is 30.2 Å². The third-order valence-corrected chi connectivity index (χ3v) is 5.08. The quantitative estimate of drug-likeness (QED) is 0.651. The fourth-order valence-corrected chi connectivity index (χ4v) is 3.63. The molecule has 3 aromatic rings. The van der Waals surface area contributed by atoms with Gasteiger partial charge in [-0.25, -0.2) is 0 Å². The molecule has 1 aliphatic rings. The van der Waals surface area contributed by atoms with Gasteiger partial charge in [0.2, 0.25) is 5.91 Å². The van der Waals surface area contributed by atoms with Gasteiger partial charge in [-0.15, -0.1) is 0 Å². The predicted octanol–water partition coefficient (Wildman–Crippen LogP) is 2.70. The minimum atomic E-state index is -0.0949. The van der Waals surface area contributed by atoms with Crippen molar-refractivity contribution in [2.75, 3.05) is 23.3 Å². The number of rotatable bonds is 7. The average Bonchev–Trinajstić information content (AvgIpc) is 3.42. The second kappa shape index (κ2) is 8.75. The zero-order chi connectivity index (χ0) is 20.1. The van der Waals surface area contributed by atoms with Crippen molar-refractivity contribution in [3.8, 4) is 0 Å². The molecular weight excluding hydrogens is 366 g/mol. The van der Waals surface area contributed by atoms with Gasteiger partial charge in [-0.1, -0.05) is 30.3 Å². The van der Waals surface area contributed by atoms with E-state index in [-0.39, 0.29) is 24.4 Å². The minimum absolute atomic E-state index is 0.0829. The van der Waals surface area contributed by atoms with E-state index < -0.39 is 0 Å². The summed E-state index contributed by atoms with van der Waals surface area (Å²) in [7, 11) is 0. The fourth-order valence-electron chi connectivity index (χ4n) is 3.63. The highest BCUT2D eigenvalue weighted by molar-refractivity contribution is 5.96. The number of amides is 2. The number of nitrogens with two attached hydrogens (primary N) is 1. The summed E-state index contributed by atoms with van der Waals surface area (Å²) < 4.78 is 5.58. The number of nitrogens with zero attached hydrogens (tertiary/aromatic N) is 1. The molecule has 4 rings (SSSR count). The van der Waals surface area contributed by atoms with E-state index in [0.717, 1.165) is 30.0 Å². The lowest BCUT2D eigenvalue weighted by atomic mass is 10.0. The number of quaternary nitrogens is 1. The maximum absolute atomic E-state index is 12.5. The van der Waals surface area contributed by atoms with E-state index in [1.54, 1.807) is 11.2 Å². The van der Waals surface area contributed by atoms with Crippen LogP contribution in [0, 0.1) is 0 Å². The van der Waals surface area contributed by atoms with Gasteiger partial charge in [0.05, 0.1) is 6.26 Å². The van der Waals surface area contributed by atoms with Crippen LogP contribution in [0.25, 0.3) is 0 Å². The fraction of sp³-hybridized carbons (Fsp3) is 0.217. The first-order valence-corrected chi connectivity index (χ1v) is 9.82. The van der Waals surface area contributed by atoms with E-state index in [4.69, 9.17) is 4.42 Å². The Kier molecular flexibility index (Phi) is 5.72. The first-order valence-electron chi connectivity index (χ1n) is 9.82. The molecule has 6 nitrogen and oxygen atoms in total. The summed E-state index contributed by atoms with van der Waals surface area (Å²) in [5, 5.41) is 4.88. The Labute approximate surface area is 169 Å². The van der Waals surface area contributed by atoms with Gasteiger partial charge in [0, 0.05) is 29.9 Å². The van der Waals surface area contributed by atoms with Crippen molar-refractivity contribution in [2.45, 2.75) is 18.9 Å². The van der Waals surface area contributed by atoms with Crippen molar-refractivity contribution in [3.05, 3.63) is 84.3 Å². The van der Waals surface area contributed by atoms with E-state index in [0.29, 0.717) is 12.1 Å². The van der Waals surface area contributed by atoms with Crippen LogP contribution in [-0.4, -0.2) is 24.9 Å². The molecule has 1 aliphatic heterocycles. The molecule has 1 saturated heterocycles. The number of anilines is 2. The normalized spacial score (nSPS) is 14.8. The summed E-state index contributed by atoms with van der Waals surface area (Å²) in [6, 6.07) is 21.1. The third kappa shape index (κ3) is 4.55. The maximum atomic E-state index is 12.5. The molecule has 1 fully saturated rings. The van der Waals surface area contributed by atoms with Crippen molar-refractivity contribution in [1.82, 2.24) is 0 Å². The van der Waals surface area contributed by atoms with Gasteiger partial charge in [0.15, 0.2) is 18.3 Å². The van der Waals surface area contributed by atoms with Crippen molar-refractivity contribution in [2.24, 2.45) is 0 Å². The van der Waals surface area contributed by atoms with Crippen LogP contribution in [0.3, 0.4) is 0 Å². The van der Waals surface area contributed by atoms with Gasteiger partial charge in [-0.3, -0.25) is 9.59 Å². The Morgan fingerprint density at radius 1 is 1.07 bits per heavy atom. The predicted molar refractivity (Wildman–Crippen MR) is 110 cm³/mol. The van der Waals surface area contributed by atoms with Crippen LogP contribution in [0.2, 0.25) is 0 Å². The molecule has 0 aliphatic carbocycles. The van der Waals surface area contributed by atoms with Crippen LogP contribution in [0.4, 0.5) is 11.4 Å². The van der Waals surface area contributed by atoms with Crippen molar-refractivity contribution >= 4 is 23.2 Å². The number of benzene rings is 2. The minimum Gasteiger partial charge on any atom is -0.463 e. The Morgan fingerprint density at radius 3 is 2.52 bits per heavy atom. The molecule has 2 aromatic carbocycles. The Hall–Kier alpha value is -3.38. The topological polar surface area (TPSA) is 79.2 Å². The summed E-state index contributed by atoms with van der Waals surface area (Å²) in [5.41, 5.74) is 2.67. The summed E-state index contributed by atoms with van der Waals surface area (Å²) in [6.45, 7) is 1.01. The first-order chi connectivity index (χ1) is 14.2. The highest BCUT2D eigenvalue weighted by Crippen LogP contribution is 2.23.